The third-order valence-corrected chi connectivity index (χ3v) is 6.54. The highest BCUT2D eigenvalue weighted by molar-refractivity contribution is 5.93. The van der Waals surface area contributed by atoms with Crippen LogP contribution >= 0.6 is 0 Å². The van der Waals surface area contributed by atoms with E-state index in [0.29, 0.717) is 5.92 Å². The normalized spacial score (nSPS) is 40.7. The number of carbonyl (C=O) groups is 1. The van der Waals surface area contributed by atoms with Crippen molar-refractivity contribution in [2.75, 3.05) is 18.4 Å². The second-order valence-electron chi connectivity index (χ2n) is 7.65. The molecule has 0 radical (unpaired) electrons. The Kier molecular flexibility index (Phi) is 2.54. The number of carbonyl (C=O) groups excluding carboxylic acids is 1. The summed E-state index contributed by atoms with van der Waals surface area (Å²) in [5.74, 6) is 0.887. The van der Waals surface area contributed by atoms with Crippen LogP contribution in [0.3, 0.4) is 0 Å². The zero-order valence-corrected chi connectivity index (χ0v) is 13.4. The number of ketones is 1. The van der Waals surface area contributed by atoms with Gasteiger partial charge >= 0.3 is 0 Å². The molecule has 0 unspecified atom stereocenters. The number of fused-ring (bicyclic) bond motifs is 4. The highest BCUT2D eigenvalue weighted by Gasteiger charge is 2.68. The number of Topliss-reactive ketones (excluding diaryl/α,β-unsaturated/α-hetero) is 1. The Bertz CT molecular complexity index is 743. The molecule has 0 amide bonds. The van der Waals surface area contributed by atoms with Crippen LogP contribution in [0.25, 0.3) is 0 Å². The van der Waals surface area contributed by atoms with Gasteiger partial charge in [0.25, 0.3) is 0 Å². The summed E-state index contributed by atoms with van der Waals surface area (Å²) in [4.78, 5) is 14.4. The van der Waals surface area contributed by atoms with Crippen LogP contribution in [0.2, 0.25) is 0 Å². The van der Waals surface area contributed by atoms with E-state index in [1.54, 1.807) is 6.92 Å². The molecule has 4 nitrogen and oxygen atoms in total. The van der Waals surface area contributed by atoms with Crippen LogP contribution in [0, 0.1) is 11.8 Å². The summed E-state index contributed by atoms with van der Waals surface area (Å²) in [7, 11) is 0. The van der Waals surface area contributed by atoms with Gasteiger partial charge in [0.2, 0.25) is 0 Å². The van der Waals surface area contributed by atoms with Gasteiger partial charge < -0.3 is 10.4 Å². The predicted octanol–water partition coefficient (Wildman–Crippen LogP) is 2.26. The van der Waals surface area contributed by atoms with Crippen LogP contribution in [0.4, 0.5) is 5.69 Å². The zero-order valence-electron chi connectivity index (χ0n) is 13.4. The topological polar surface area (TPSA) is 52.6 Å². The van der Waals surface area contributed by atoms with Crippen molar-refractivity contribution in [1.29, 1.82) is 0 Å². The largest absolute Gasteiger partial charge is 0.381 e. The van der Waals surface area contributed by atoms with Gasteiger partial charge in [0.05, 0.1) is 0 Å². The summed E-state index contributed by atoms with van der Waals surface area (Å²) in [5, 5.41) is 15.4. The lowest BCUT2D eigenvalue weighted by atomic mass is 9.67. The SMILES string of the molecule is CC(=O)C1=C[C@H]2C[C@@H](C1)CN1CC[C@@]3(O)c4ccccc4N[C@]213. The molecule has 1 aliphatic carbocycles. The van der Waals surface area contributed by atoms with E-state index in [4.69, 9.17) is 0 Å². The molecule has 0 saturated carbocycles. The average molecular weight is 310 g/mol. The maximum Gasteiger partial charge on any atom is 0.155 e. The van der Waals surface area contributed by atoms with Gasteiger partial charge in [-0.3, -0.25) is 9.69 Å². The van der Waals surface area contributed by atoms with Crippen LogP contribution in [0.1, 0.15) is 31.7 Å². The molecule has 0 aromatic heterocycles. The van der Waals surface area contributed by atoms with Crippen molar-refractivity contribution in [1.82, 2.24) is 4.90 Å². The fourth-order valence-electron chi connectivity index (χ4n) is 5.61. The van der Waals surface area contributed by atoms with Crippen molar-refractivity contribution in [3.05, 3.63) is 41.5 Å². The van der Waals surface area contributed by atoms with E-state index < -0.39 is 11.3 Å². The number of piperidine rings is 1. The maximum absolute atomic E-state index is 11.9. The second kappa shape index (κ2) is 4.25. The molecule has 120 valence electrons. The third-order valence-electron chi connectivity index (χ3n) is 6.54. The Morgan fingerprint density at radius 3 is 3.04 bits per heavy atom. The Morgan fingerprint density at radius 2 is 2.22 bits per heavy atom. The summed E-state index contributed by atoms with van der Waals surface area (Å²) in [6.45, 7) is 3.54. The molecular weight excluding hydrogens is 288 g/mol. The van der Waals surface area contributed by atoms with Crippen LogP contribution in [0.15, 0.2) is 35.9 Å². The lowest BCUT2D eigenvalue weighted by molar-refractivity contribution is -0.115. The van der Waals surface area contributed by atoms with Crippen LogP contribution < -0.4 is 5.32 Å². The zero-order chi connectivity index (χ0) is 15.8. The lowest BCUT2D eigenvalue weighted by Crippen LogP contribution is -2.66. The number of rotatable bonds is 1. The van der Waals surface area contributed by atoms with Crippen molar-refractivity contribution in [3.63, 3.8) is 0 Å². The Labute approximate surface area is 136 Å². The van der Waals surface area contributed by atoms with Crippen LogP contribution in [0.5, 0.6) is 0 Å². The van der Waals surface area contributed by atoms with E-state index in [1.165, 1.54) is 0 Å². The molecule has 2 bridgehead atoms. The fourth-order valence-corrected chi connectivity index (χ4v) is 5.61. The summed E-state index contributed by atoms with van der Waals surface area (Å²) in [6.07, 6.45) is 4.85. The van der Waals surface area contributed by atoms with Gasteiger partial charge in [-0.05, 0) is 43.7 Å². The van der Waals surface area contributed by atoms with E-state index in [-0.39, 0.29) is 11.7 Å². The maximum atomic E-state index is 11.9. The molecule has 23 heavy (non-hydrogen) atoms. The van der Waals surface area contributed by atoms with Gasteiger partial charge in [-0.2, -0.15) is 0 Å². The molecule has 3 heterocycles. The summed E-state index contributed by atoms with van der Waals surface area (Å²) >= 11 is 0. The number of aliphatic hydroxyl groups is 1. The number of nitrogens with zero attached hydrogens (tertiary/aromatic N) is 1. The van der Waals surface area contributed by atoms with Crippen molar-refractivity contribution in [2.24, 2.45) is 11.8 Å². The van der Waals surface area contributed by atoms with Crippen molar-refractivity contribution in [2.45, 2.75) is 37.5 Å². The lowest BCUT2D eigenvalue weighted by Gasteiger charge is -2.54. The van der Waals surface area contributed by atoms with Gasteiger partial charge in [0.15, 0.2) is 5.78 Å². The molecule has 1 aromatic rings. The first kappa shape index (κ1) is 13.8. The molecular formula is C19H22N2O2. The molecule has 3 aliphatic heterocycles. The standard InChI is InChI=1S/C19H22N2O2/c1-12(22)14-8-13-9-15(10-14)19-18(23,6-7-21(19)11-13)16-4-2-3-5-17(16)20-19/h2-5,10,13,15,20,23H,6-9,11H2,1H3/t13-,15-,18-,19-/m1/s1. The molecule has 2 N–H and O–H groups in total. The number of allylic oxidation sites excluding steroid dienone is 1. The van der Waals surface area contributed by atoms with Crippen molar-refractivity contribution in [3.8, 4) is 0 Å². The first-order valence-electron chi connectivity index (χ1n) is 8.61. The van der Waals surface area contributed by atoms with E-state index in [0.717, 1.165) is 49.2 Å². The van der Waals surface area contributed by atoms with E-state index in [9.17, 15) is 9.90 Å². The fraction of sp³-hybridized carbons (Fsp3) is 0.526. The monoisotopic (exact) mass is 310 g/mol. The predicted molar refractivity (Wildman–Crippen MR) is 87.9 cm³/mol. The highest BCUT2D eigenvalue weighted by Crippen LogP contribution is 2.61. The van der Waals surface area contributed by atoms with E-state index >= 15 is 0 Å². The minimum atomic E-state index is -0.866. The second-order valence-corrected chi connectivity index (χ2v) is 7.65. The Balaban J connectivity index is 1.69. The van der Waals surface area contributed by atoms with Crippen LogP contribution in [-0.2, 0) is 10.4 Å². The summed E-state index contributed by atoms with van der Waals surface area (Å²) in [5.41, 5.74) is 1.67. The number of hydrogen-bond acceptors (Lipinski definition) is 4. The van der Waals surface area contributed by atoms with Gasteiger partial charge in [-0.15, -0.1) is 0 Å². The van der Waals surface area contributed by atoms with Gasteiger partial charge in [-0.1, -0.05) is 24.3 Å². The molecule has 4 aliphatic rings. The molecule has 1 aromatic carbocycles. The quantitative estimate of drug-likeness (QED) is 0.835. The number of benzene rings is 1. The third kappa shape index (κ3) is 1.51. The van der Waals surface area contributed by atoms with Gasteiger partial charge in [0, 0.05) is 30.3 Å². The minimum absolute atomic E-state index is 0.175. The van der Waals surface area contributed by atoms with Crippen molar-refractivity contribution < 1.29 is 9.90 Å². The highest BCUT2D eigenvalue weighted by atomic mass is 16.3. The Hall–Kier alpha value is -1.65. The number of anilines is 1. The molecule has 1 spiro atoms. The van der Waals surface area contributed by atoms with Crippen molar-refractivity contribution >= 4 is 11.5 Å². The number of para-hydroxylation sites is 1. The Morgan fingerprint density at radius 1 is 1.39 bits per heavy atom. The molecule has 4 heteroatoms. The number of hydrogen-bond donors (Lipinski definition) is 2. The smallest absolute Gasteiger partial charge is 0.155 e. The summed E-state index contributed by atoms with van der Waals surface area (Å²) in [6, 6.07) is 8.12. The van der Waals surface area contributed by atoms with Gasteiger partial charge in [0.1, 0.15) is 11.3 Å². The number of nitrogens with one attached hydrogen (secondary N) is 1. The van der Waals surface area contributed by atoms with E-state index in [2.05, 4.69) is 22.4 Å². The molecule has 5 rings (SSSR count). The summed E-state index contributed by atoms with van der Waals surface area (Å²) < 4.78 is 0. The van der Waals surface area contributed by atoms with Crippen LogP contribution in [-0.4, -0.2) is 34.5 Å². The molecule has 2 saturated heterocycles. The first-order chi connectivity index (χ1) is 11.0. The molecule has 2 fully saturated rings. The minimum Gasteiger partial charge on any atom is -0.381 e. The first-order valence-corrected chi connectivity index (χ1v) is 8.61. The molecule has 4 atom stereocenters. The van der Waals surface area contributed by atoms with Gasteiger partial charge in [-0.25, -0.2) is 0 Å². The van der Waals surface area contributed by atoms with E-state index in [1.807, 2.05) is 18.2 Å². The average Bonchev–Trinajstić information content (AvgIpc) is 2.96.